The maximum Gasteiger partial charge on any atom is 0.261 e. The number of hydrogen-bond donors (Lipinski definition) is 1. The molecular weight excluding hydrogens is 282 g/mol. The summed E-state index contributed by atoms with van der Waals surface area (Å²) < 4.78 is 27.4. The van der Waals surface area contributed by atoms with Crippen molar-refractivity contribution in [1.29, 1.82) is 0 Å². The fraction of sp³-hybridized carbons (Fsp3) is 0.0588. The molecular formula is C17H15NO2S. The second-order valence-corrected chi connectivity index (χ2v) is 6.67. The fourth-order valence-corrected chi connectivity index (χ4v) is 3.40. The number of aryl methyl sites for hydroxylation is 1. The van der Waals surface area contributed by atoms with E-state index in [0.717, 1.165) is 16.3 Å². The molecule has 0 radical (unpaired) electrons. The number of anilines is 1. The summed E-state index contributed by atoms with van der Waals surface area (Å²) in [7, 11) is -3.55. The Morgan fingerprint density at radius 2 is 1.57 bits per heavy atom. The molecule has 0 spiro atoms. The van der Waals surface area contributed by atoms with Gasteiger partial charge in [0.05, 0.1) is 4.90 Å². The van der Waals surface area contributed by atoms with Crippen LogP contribution in [0.4, 0.5) is 5.69 Å². The monoisotopic (exact) mass is 297 g/mol. The van der Waals surface area contributed by atoms with Gasteiger partial charge >= 0.3 is 0 Å². The molecule has 106 valence electrons. The molecule has 0 fully saturated rings. The number of hydrogen-bond acceptors (Lipinski definition) is 2. The van der Waals surface area contributed by atoms with Crippen molar-refractivity contribution in [3.8, 4) is 0 Å². The molecule has 0 unspecified atom stereocenters. The lowest BCUT2D eigenvalue weighted by atomic mass is 10.1. The Morgan fingerprint density at radius 1 is 0.810 bits per heavy atom. The Balaban J connectivity index is 1.97. The number of nitrogens with one attached hydrogen (secondary N) is 1. The first-order valence-corrected chi connectivity index (χ1v) is 8.11. The first kappa shape index (κ1) is 13.6. The fourth-order valence-electron chi connectivity index (χ4n) is 2.25. The van der Waals surface area contributed by atoms with Crippen LogP contribution in [0.2, 0.25) is 0 Å². The first-order chi connectivity index (χ1) is 10.0. The first-order valence-electron chi connectivity index (χ1n) is 6.63. The van der Waals surface area contributed by atoms with E-state index in [9.17, 15) is 8.42 Å². The van der Waals surface area contributed by atoms with Crippen LogP contribution in [-0.2, 0) is 10.0 Å². The van der Waals surface area contributed by atoms with Gasteiger partial charge in [-0.25, -0.2) is 8.42 Å². The topological polar surface area (TPSA) is 46.2 Å². The maximum atomic E-state index is 12.4. The Morgan fingerprint density at radius 3 is 2.33 bits per heavy atom. The molecule has 3 nitrogen and oxygen atoms in total. The van der Waals surface area contributed by atoms with Crippen molar-refractivity contribution in [3.05, 3.63) is 72.3 Å². The highest BCUT2D eigenvalue weighted by atomic mass is 32.2. The van der Waals surface area contributed by atoms with E-state index >= 15 is 0 Å². The van der Waals surface area contributed by atoms with E-state index in [2.05, 4.69) is 4.72 Å². The predicted octanol–water partition coefficient (Wildman–Crippen LogP) is 3.95. The average Bonchev–Trinajstić information content (AvgIpc) is 2.47. The van der Waals surface area contributed by atoms with Gasteiger partial charge in [-0.05, 0) is 47.5 Å². The molecule has 0 atom stereocenters. The molecule has 0 aromatic heterocycles. The lowest BCUT2D eigenvalue weighted by Gasteiger charge is -2.09. The van der Waals surface area contributed by atoms with Crippen molar-refractivity contribution >= 4 is 26.5 Å². The molecule has 0 saturated carbocycles. The van der Waals surface area contributed by atoms with Crippen molar-refractivity contribution in [1.82, 2.24) is 0 Å². The van der Waals surface area contributed by atoms with E-state index in [1.54, 1.807) is 24.3 Å². The second kappa shape index (κ2) is 5.22. The smallest absolute Gasteiger partial charge is 0.261 e. The predicted molar refractivity (Wildman–Crippen MR) is 85.9 cm³/mol. The molecule has 0 aliphatic heterocycles. The highest BCUT2D eigenvalue weighted by Crippen LogP contribution is 2.22. The molecule has 3 rings (SSSR count). The van der Waals surface area contributed by atoms with E-state index in [0.29, 0.717) is 5.69 Å². The molecule has 21 heavy (non-hydrogen) atoms. The van der Waals surface area contributed by atoms with Crippen LogP contribution < -0.4 is 4.72 Å². The third-order valence-corrected chi connectivity index (χ3v) is 4.68. The molecule has 4 heteroatoms. The SMILES string of the molecule is Cc1cccc(S(=O)(=O)Nc2ccc3ccccc3c2)c1. The van der Waals surface area contributed by atoms with Crippen molar-refractivity contribution < 1.29 is 8.42 Å². The minimum absolute atomic E-state index is 0.274. The zero-order valence-corrected chi connectivity index (χ0v) is 12.4. The second-order valence-electron chi connectivity index (χ2n) is 4.98. The Hall–Kier alpha value is -2.33. The summed E-state index contributed by atoms with van der Waals surface area (Å²) in [6.45, 7) is 1.87. The lowest BCUT2D eigenvalue weighted by Crippen LogP contribution is -2.12. The molecule has 0 bridgehead atoms. The van der Waals surface area contributed by atoms with Gasteiger partial charge in [-0.2, -0.15) is 0 Å². The summed E-state index contributed by atoms with van der Waals surface area (Å²) in [6.07, 6.45) is 0. The van der Waals surface area contributed by atoms with Crippen molar-refractivity contribution in [2.45, 2.75) is 11.8 Å². The standard InChI is InChI=1S/C17H15NO2S/c1-13-5-4-8-17(11-13)21(19,20)18-16-10-9-14-6-2-3-7-15(14)12-16/h2-12,18H,1H3. The van der Waals surface area contributed by atoms with Gasteiger partial charge in [0.1, 0.15) is 0 Å². The highest BCUT2D eigenvalue weighted by molar-refractivity contribution is 7.92. The van der Waals surface area contributed by atoms with Gasteiger partial charge in [0.2, 0.25) is 0 Å². The van der Waals surface area contributed by atoms with E-state index in [-0.39, 0.29) is 4.90 Å². The van der Waals surface area contributed by atoms with E-state index < -0.39 is 10.0 Å². The third-order valence-electron chi connectivity index (χ3n) is 3.30. The van der Waals surface area contributed by atoms with Crippen LogP contribution in [0, 0.1) is 6.92 Å². The Bertz CT molecular complexity index is 901. The largest absolute Gasteiger partial charge is 0.280 e. The van der Waals surface area contributed by atoms with Crippen molar-refractivity contribution in [3.63, 3.8) is 0 Å². The quantitative estimate of drug-likeness (QED) is 0.795. The van der Waals surface area contributed by atoms with Crippen molar-refractivity contribution in [2.24, 2.45) is 0 Å². The minimum Gasteiger partial charge on any atom is -0.280 e. The van der Waals surface area contributed by atoms with Crippen LogP contribution >= 0.6 is 0 Å². The number of rotatable bonds is 3. The zero-order chi connectivity index (χ0) is 14.9. The van der Waals surface area contributed by atoms with Crippen molar-refractivity contribution in [2.75, 3.05) is 4.72 Å². The average molecular weight is 297 g/mol. The van der Waals surface area contributed by atoms with Crippen LogP contribution in [0.5, 0.6) is 0 Å². The van der Waals surface area contributed by atoms with Gasteiger partial charge in [0.25, 0.3) is 10.0 Å². The van der Waals surface area contributed by atoms with E-state index in [4.69, 9.17) is 0 Å². The molecule has 1 N–H and O–H groups in total. The molecule has 0 amide bonds. The van der Waals surface area contributed by atoms with E-state index in [1.165, 1.54) is 0 Å². The van der Waals surface area contributed by atoms with Gasteiger partial charge in [-0.3, -0.25) is 4.72 Å². The van der Waals surface area contributed by atoms with Gasteiger partial charge in [0, 0.05) is 5.69 Å². The Labute approximate surface area is 124 Å². The summed E-state index contributed by atoms with van der Waals surface area (Å²) in [5.74, 6) is 0. The maximum absolute atomic E-state index is 12.4. The van der Waals surface area contributed by atoms with Gasteiger partial charge in [-0.1, -0.05) is 42.5 Å². The van der Waals surface area contributed by atoms with Gasteiger partial charge in [-0.15, -0.1) is 0 Å². The zero-order valence-electron chi connectivity index (χ0n) is 11.6. The Kier molecular flexibility index (Phi) is 3.39. The third kappa shape index (κ3) is 2.90. The summed E-state index contributed by atoms with van der Waals surface area (Å²) in [5, 5.41) is 2.08. The minimum atomic E-state index is -3.55. The van der Waals surface area contributed by atoms with Gasteiger partial charge < -0.3 is 0 Å². The van der Waals surface area contributed by atoms with Crippen LogP contribution in [0.1, 0.15) is 5.56 Å². The van der Waals surface area contributed by atoms with Crippen LogP contribution in [0.3, 0.4) is 0 Å². The molecule has 0 heterocycles. The number of benzene rings is 3. The lowest BCUT2D eigenvalue weighted by molar-refractivity contribution is 0.601. The highest BCUT2D eigenvalue weighted by Gasteiger charge is 2.14. The van der Waals surface area contributed by atoms with Crippen LogP contribution in [-0.4, -0.2) is 8.42 Å². The molecule has 3 aromatic rings. The van der Waals surface area contributed by atoms with Crippen LogP contribution in [0.15, 0.2) is 71.6 Å². The normalized spacial score (nSPS) is 11.5. The summed E-state index contributed by atoms with van der Waals surface area (Å²) in [5.41, 5.74) is 1.48. The summed E-state index contributed by atoms with van der Waals surface area (Å²) >= 11 is 0. The number of fused-ring (bicyclic) bond motifs is 1. The van der Waals surface area contributed by atoms with E-state index in [1.807, 2.05) is 49.4 Å². The number of sulfonamides is 1. The van der Waals surface area contributed by atoms with Gasteiger partial charge in [0.15, 0.2) is 0 Å². The molecule has 0 aliphatic carbocycles. The molecule has 0 saturated heterocycles. The molecule has 3 aromatic carbocycles. The summed E-state index contributed by atoms with van der Waals surface area (Å²) in [6, 6.07) is 20.2. The molecule has 0 aliphatic rings. The van der Waals surface area contributed by atoms with Crippen LogP contribution in [0.25, 0.3) is 10.8 Å². The summed E-state index contributed by atoms with van der Waals surface area (Å²) in [4.78, 5) is 0.274.